The van der Waals surface area contributed by atoms with E-state index in [1.165, 1.54) is 24.3 Å². The maximum absolute atomic E-state index is 12.9. The summed E-state index contributed by atoms with van der Waals surface area (Å²) >= 11 is 0. The summed E-state index contributed by atoms with van der Waals surface area (Å²) in [5.74, 6) is -0.600. The van der Waals surface area contributed by atoms with Gasteiger partial charge >= 0.3 is 0 Å². The Bertz CT molecular complexity index is 1140. The topological polar surface area (TPSA) is 73.5 Å². The van der Waals surface area contributed by atoms with Crippen LogP contribution in [0.1, 0.15) is 0 Å². The minimum atomic E-state index is -0.300. The first kappa shape index (κ1) is 22.7. The molecule has 0 atom stereocenters. The lowest BCUT2D eigenvalue weighted by Gasteiger charge is -2.09. The molecule has 170 valence electrons. The molecule has 0 spiro atoms. The fraction of sp³-hybridized carbons (Fsp3) is 0.0769. The van der Waals surface area contributed by atoms with Crippen molar-refractivity contribution in [1.29, 1.82) is 0 Å². The highest BCUT2D eigenvalue weighted by Gasteiger charge is 1.97. The summed E-state index contributed by atoms with van der Waals surface area (Å²) < 4.78 is 25.9. The van der Waals surface area contributed by atoms with E-state index in [4.69, 9.17) is 0 Å². The van der Waals surface area contributed by atoms with Crippen molar-refractivity contribution in [1.82, 2.24) is 0 Å². The molecule has 0 aliphatic carbocycles. The van der Waals surface area contributed by atoms with E-state index in [-0.39, 0.29) is 11.6 Å². The first-order chi connectivity index (χ1) is 16.6. The van der Waals surface area contributed by atoms with Crippen LogP contribution in [0, 0.1) is 11.6 Å². The van der Waals surface area contributed by atoms with Crippen LogP contribution in [0.5, 0.6) is 0 Å². The third-order valence-electron chi connectivity index (χ3n) is 4.73. The van der Waals surface area contributed by atoms with Gasteiger partial charge in [-0.25, -0.2) is 8.78 Å². The number of halogens is 2. The number of hydrogen-bond donors (Lipinski definition) is 2. The van der Waals surface area contributed by atoms with E-state index in [1.54, 1.807) is 24.3 Å². The lowest BCUT2D eigenvalue weighted by atomic mass is 10.3. The zero-order valence-corrected chi connectivity index (χ0v) is 18.2. The molecule has 0 heterocycles. The highest BCUT2D eigenvalue weighted by atomic mass is 19.1. The minimum absolute atomic E-state index is 0.300. The smallest absolute Gasteiger partial charge is 0.123 e. The van der Waals surface area contributed by atoms with Crippen molar-refractivity contribution in [3.05, 3.63) is 109 Å². The average molecular weight is 457 g/mol. The summed E-state index contributed by atoms with van der Waals surface area (Å²) in [4.78, 5) is 0. The third-order valence-corrected chi connectivity index (χ3v) is 4.73. The second-order valence-electron chi connectivity index (χ2n) is 7.30. The van der Waals surface area contributed by atoms with Gasteiger partial charge in [0.15, 0.2) is 0 Å². The summed E-state index contributed by atoms with van der Waals surface area (Å²) in [6.07, 6.45) is 0. The molecule has 6 nitrogen and oxygen atoms in total. The predicted octanol–water partition coefficient (Wildman–Crippen LogP) is 8.32. The second kappa shape index (κ2) is 11.4. The SMILES string of the molecule is Fc1ccc(N=Nc2ccc(NCCNc3ccc(N=Nc4ccc(F)cc4)cc3)cc2)cc1. The van der Waals surface area contributed by atoms with Gasteiger partial charge < -0.3 is 10.6 Å². The molecule has 34 heavy (non-hydrogen) atoms. The van der Waals surface area contributed by atoms with Gasteiger partial charge in [0.1, 0.15) is 11.6 Å². The summed E-state index contributed by atoms with van der Waals surface area (Å²) in [7, 11) is 0. The van der Waals surface area contributed by atoms with Crippen LogP contribution in [0.25, 0.3) is 0 Å². The molecule has 4 aromatic carbocycles. The normalized spacial score (nSPS) is 11.2. The molecule has 0 unspecified atom stereocenters. The van der Waals surface area contributed by atoms with Crippen LogP contribution in [0.2, 0.25) is 0 Å². The maximum Gasteiger partial charge on any atom is 0.123 e. The van der Waals surface area contributed by atoms with Gasteiger partial charge in [-0.3, -0.25) is 0 Å². The van der Waals surface area contributed by atoms with Gasteiger partial charge in [0, 0.05) is 24.5 Å². The van der Waals surface area contributed by atoms with Gasteiger partial charge in [-0.1, -0.05) is 0 Å². The number of rotatable bonds is 9. The molecule has 0 saturated carbocycles. The summed E-state index contributed by atoms with van der Waals surface area (Å²) in [6, 6.07) is 26.9. The summed E-state index contributed by atoms with van der Waals surface area (Å²) in [6.45, 7) is 1.45. The Labute approximate surface area is 196 Å². The zero-order valence-electron chi connectivity index (χ0n) is 18.2. The van der Waals surface area contributed by atoms with Crippen LogP contribution in [0.3, 0.4) is 0 Å². The molecule has 0 aliphatic heterocycles. The van der Waals surface area contributed by atoms with Gasteiger partial charge in [-0.2, -0.15) is 20.5 Å². The summed E-state index contributed by atoms with van der Waals surface area (Å²) in [5.41, 5.74) is 4.56. The molecule has 0 aromatic heterocycles. The molecule has 4 aromatic rings. The van der Waals surface area contributed by atoms with Crippen LogP contribution in [0.15, 0.2) is 118 Å². The Balaban J connectivity index is 1.19. The Morgan fingerprint density at radius 1 is 0.412 bits per heavy atom. The van der Waals surface area contributed by atoms with Crippen LogP contribution in [-0.2, 0) is 0 Å². The number of azo groups is 2. The quantitative estimate of drug-likeness (QED) is 0.196. The number of anilines is 2. The highest BCUT2D eigenvalue weighted by Crippen LogP contribution is 2.22. The van der Waals surface area contributed by atoms with Crippen molar-refractivity contribution in [3.63, 3.8) is 0 Å². The fourth-order valence-corrected chi connectivity index (χ4v) is 2.95. The van der Waals surface area contributed by atoms with E-state index < -0.39 is 0 Å². The van der Waals surface area contributed by atoms with Gasteiger partial charge in [-0.05, 0) is 97.1 Å². The molecule has 0 bridgehead atoms. The first-order valence-corrected chi connectivity index (χ1v) is 10.7. The molecule has 0 aliphatic rings. The Hall–Kier alpha value is -4.46. The fourth-order valence-electron chi connectivity index (χ4n) is 2.95. The minimum Gasteiger partial charge on any atom is -0.383 e. The monoisotopic (exact) mass is 456 g/mol. The highest BCUT2D eigenvalue weighted by molar-refractivity contribution is 5.53. The van der Waals surface area contributed by atoms with Crippen molar-refractivity contribution >= 4 is 34.1 Å². The van der Waals surface area contributed by atoms with Crippen molar-refractivity contribution in [2.24, 2.45) is 20.5 Å². The Kier molecular flexibility index (Phi) is 7.63. The lowest BCUT2D eigenvalue weighted by molar-refractivity contribution is 0.627. The van der Waals surface area contributed by atoms with Gasteiger partial charge in [-0.15, -0.1) is 0 Å². The van der Waals surface area contributed by atoms with Gasteiger partial charge in [0.05, 0.1) is 22.7 Å². The van der Waals surface area contributed by atoms with E-state index in [1.807, 2.05) is 48.5 Å². The van der Waals surface area contributed by atoms with Crippen molar-refractivity contribution < 1.29 is 8.78 Å². The Morgan fingerprint density at radius 2 is 0.676 bits per heavy atom. The zero-order chi connectivity index (χ0) is 23.6. The predicted molar refractivity (Wildman–Crippen MR) is 131 cm³/mol. The first-order valence-electron chi connectivity index (χ1n) is 10.7. The maximum atomic E-state index is 12.9. The van der Waals surface area contributed by atoms with Crippen LogP contribution >= 0.6 is 0 Å². The number of hydrogen-bond acceptors (Lipinski definition) is 6. The number of nitrogens with zero attached hydrogens (tertiary/aromatic N) is 4. The average Bonchev–Trinajstić information content (AvgIpc) is 2.87. The molecular weight excluding hydrogens is 434 g/mol. The van der Waals surface area contributed by atoms with Crippen LogP contribution in [-0.4, -0.2) is 13.1 Å². The Morgan fingerprint density at radius 3 is 0.971 bits per heavy atom. The molecule has 8 heteroatoms. The van der Waals surface area contributed by atoms with Crippen molar-refractivity contribution in [2.75, 3.05) is 23.7 Å². The molecule has 0 amide bonds. The number of benzene rings is 4. The summed E-state index contributed by atoms with van der Waals surface area (Å²) in [5, 5.41) is 23.2. The molecule has 4 rings (SSSR count). The lowest BCUT2D eigenvalue weighted by Crippen LogP contribution is -2.13. The van der Waals surface area contributed by atoms with Crippen molar-refractivity contribution in [3.8, 4) is 0 Å². The van der Waals surface area contributed by atoms with E-state index in [0.717, 1.165) is 24.5 Å². The van der Waals surface area contributed by atoms with Gasteiger partial charge in [0.25, 0.3) is 0 Å². The van der Waals surface area contributed by atoms with E-state index in [2.05, 4.69) is 31.1 Å². The third kappa shape index (κ3) is 7.03. The van der Waals surface area contributed by atoms with E-state index in [0.29, 0.717) is 22.7 Å². The van der Waals surface area contributed by atoms with E-state index in [9.17, 15) is 8.78 Å². The van der Waals surface area contributed by atoms with Crippen molar-refractivity contribution in [2.45, 2.75) is 0 Å². The van der Waals surface area contributed by atoms with Gasteiger partial charge in [0.2, 0.25) is 0 Å². The largest absolute Gasteiger partial charge is 0.383 e. The molecule has 0 radical (unpaired) electrons. The van der Waals surface area contributed by atoms with Crippen LogP contribution < -0.4 is 10.6 Å². The van der Waals surface area contributed by atoms with Crippen LogP contribution in [0.4, 0.5) is 42.9 Å². The molecule has 0 saturated heterocycles. The molecule has 2 N–H and O–H groups in total. The second-order valence-corrected chi connectivity index (χ2v) is 7.30. The van der Waals surface area contributed by atoms with E-state index >= 15 is 0 Å². The molecule has 0 fully saturated rings. The standard InChI is InChI=1S/C26H22F2N6/c27-19-1-5-23(6-2-19)31-33-25-13-9-21(10-14-25)29-17-18-30-22-11-15-26(16-12-22)34-32-24-7-3-20(28)4-8-24/h1-16,29-30H,17-18H2. The molecular formula is C26H22F2N6. The number of nitrogens with one attached hydrogen (secondary N) is 2.